The highest BCUT2D eigenvalue weighted by molar-refractivity contribution is 4.53. The molecule has 0 spiro atoms. The lowest BCUT2D eigenvalue weighted by Crippen LogP contribution is -2.34. The van der Waals surface area contributed by atoms with Gasteiger partial charge >= 0.3 is 0 Å². The van der Waals surface area contributed by atoms with Crippen LogP contribution >= 0.6 is 0 Å². The summed E-state index contributed by atoms with van der Waals surface area (Å²) < 4.78 is 10.0. The lowest BCUT2D eigenvalue weighted by Gasteiger charge is -2.20. The number of hydrogen-bond donors (Lipinski definition) is 1. The maximum Gasteiger partial charge on any atom is 0.169 e. The first-order chi connectivity index (χ1) is 5.24. The van der Waals surface area contributed by atoms with Crippen LogP contribution in [-0.4, -0.2) is 52.1 Å². The molecule has 0 saturated heterocycles. The molecular formula is C7H18N2O2. The largest absolute Gasteiger partial charge is 0.355 e. The molecule has 0 radical (unpaired) electrons. The normalized spacial score (nSPS) is 11.5. The fourth-order valence-corrected chi connectivity index (χ4v) is 0.811. The second kappa shape index (κ2) is 6.54. The van der Waals surface area contributed by atoms with Crippen molar-refractivity contribution in [2.75, 3.05) is 40.9 Å². The molecule has 4 heteroatoms. The van der Waals surface area contributed by atoms with Gasteiger partial charge in [-0.2, -0.15) is 0 Å². The van der Waals surface area contributed by atoms with Crippen molar-refractivity contribution < 1.29 is 9.47 Å². The van der Waals surface area contributed by atoms with Crippen LogP contribution < -0.4 is 5.73 Å². The number of rotatable bonds is 6. The minimum atomic E-state index is -0.147. The molecule has 4 nitrogen and oxygen atoms in total. The Bertz CT molecular complexity index is 86.5. The summed E-state index contributed by atoms with van der Waals surface area (Å²) in [6, 6.07) is 0. The Morgan fingerprint density at radius 2 is 1.91 bits per heavy atom. The molecule has 0 amide bonds. The van der Waals surface area contributed by atoms with E-state index in [1.54, 1.807) is 14.2 Å². The molecule has 0 fully saturated rings. The molecule has 0 aliphatic heterocycles. The average Bonchev–Trinajstić information content (AvgIpc) is 2.01. The van der Waals surface area contributed by atoms with Crippen LogP contribution in [0.15, 0.2) is 0 Å². The zero-order chi connectivity index (χ0) is 8.69. The molecule has 0 aromatic heterocycles. The van der Waals surface area contributed by atoms with Gasteiger partial charge in [0, 0.05) is 33.9 Å². The zero-order valence-corrected chi connectivity index (χ0v) is 7.54. The lowest BCUT2D eigenvalue weighted by molar-refractivity contribution is -0.113. The average molecular weight is 162 g/mol. The summed E-state index contributed by atoms with van der Waals surface area (Å²) in [5.74, 6) is 0. The van der Waals surface area contributed by atoms with Crippen molar-refractivity contribution in [3.05, 3.63) is 0 Å². The number of nitrogens with zero attached hydrogens (tertiary/aromatic N) is 1. The fraction of sp³-hybridized carbons (Fsp3) is 1.00. The maximum absolute atomic E-state index is 5.36. The minimum absolute atomic E-state index is 0.147. The highest BCUT2D eigenvalue weighted by atomic mass is 16.7. The Morgan fingerprint density at radius 3 is 2.27 bits per heavy atom. The Kier molecular flexibility index (Phi) is 6.45. The van der Waals surface area contributed by atoms with E-state index in [1.807, 2.05) is 7.05 Å². The second-order valence-electron chi connectivity index (χ2n) is 2.45. The van der Waals surface area contributed by atoms with Gasteiger partial charge in [0.1, 0.15) is 0 Å². The molecule has 0 aromatic rings. The third kappa shape index (κ3) is 5.15. The van der Waals surface area contributed by atoms with Gasteiger partial charge in [-0.3, -0.25) is 0 Å². The fourth-order valence-electron chi connectivity index (χ4n) is 0.811. The summed E-state index contributed by atoms with van der Waals surface area (Å²) in [6.45, 7) is 2.28. The van der Waals surface area contributed by atoms with Gasteiger partial charge in [-0.1, -0.05) is 0 Å². The van der Waals surface area contributed by atoms with Crippen molar-refractivity contribution in [2.45, 2.75) is 6.29 Å². The molecule has 0 heterocycles. The van der Waals surface area contributed by atoms with Crippen molar-refractivity contribution in [1.82, 2.24) is 4.90 Å². The van der Waals surface area contributed by atoms with Crippen LogP contribution in [0.1, 0.15) is 0 Å². The van der Waals surface area contributed by atoms with Crippen molar-refractivity contribution in [1.29, 1.82) is 0 Å². The topological polar surface area (TPSA) is 47.7 Å². The second-order valence-corrected chi connectivity index (χ2v) is 2.45. The Balaban J connectivity index is 3.44. The number of ether oxygens (including phenoxy) is 2. The molecule has 0 bridgehead atoms. The predicted octanol–water partition coefficient (Wildman–Crippen LogP) is -0.504. The summed E-state index contributed by atoms with van der Waals surface area (Å²) in [5.41, 5.74) is 5.36. The highest BCUT2D eigenvalue weighted by Crippen LogP contribution is 1.93. The monoisotopic (exact) mass is 162 g/mol. The first kappa shape index (κ1) is 10.8. The molecule has 68 valence electrons. The molecule has 2 N–H and O–H groups in total. The number of nitrogens with two attached hydrogens (primary N) is 1. The summed E-state index contributed by atoms with van der Waals surface area (Å²) in [4.78, 5) is 2.07. The van der Waals surface area contributed by atoms with E-state index in [9.17, 15) is 0 Å². The number of likely N-dealkylation sites (N-methyl/N-ethyl adjacent to an activating group) is 1. The first-order valence-corrected chi connectivity index (χ1v) is 3.68. The van der Waals surface area contributed by atoms with Gasteiger partial charge in [0.15, 0.2) is 6.29 Å². The number of methoxy groups -OCH3 is 2. The van der Waals surface area contributed by atoms with E-state index in [0.717, 1.165) is 13.1 Å². The van der Waals surface area contributed by atoms with Crippen molar-refractivity contribution >= 4 is 0 Å². The van der Waals surface area contributed by atoms with Gasteiger partial charge in [-0.15, -0.1) is 0 Å². The summed E-state index contributed by atoms with van der Waals surface area (Å²) in [7, 11) is 5.24. The van der Waals surface area contributed by atoms with Crippen LogP contribution in [0, 0.1) is 0 Å². The van der Waals surface area contributed by atoms with Crippen LogP contribution in [0.3, 0.4) is 0 Å². The van der Waals surface area contributed by atoms with E-state index < -0.39 is 0 Å². The van der Waals surface area contributed by atoms with Crippen molar-refractivity contribution in [2.24, 2.45) is 5.73 Å². The van der Waals surface area contributed by atoms with E-state index in [4.69, 9.17) is 15.2 Å². The van der Waals surface area contributed by atoms with Crippen LogP contribution in [0.25, 0.3) is 0 Å². The molecule has 0 aliphatic carbocycles. The van der Waals surface area contributed by atoms with Crippen LogP contribution in [0.4, 0.5) is 0 Å². The van der Waals surface area contributed by atoms with E-state index in [0.29, 0.717) is 6.54 Å². The highest BCUT2D eigenvalue weighted by Gasteiger charge is 2.07. The van der Waals surface area contributed by atoms with Crippen LogP contribution in [-0.2, 0) is 9.47 Å². The third-order valence-corrected chi connectivity index (χ3v) is 1.50. The predicted molar refractivity (Wildman–Crippen MR) is 44.4 cm³/mol. The third-order valence-electron chi connectivity index (χ3n) is 1.50. The van der Waals surface area contributed by atoms with E-state index in [1.165, 1.54) is 0 Å². The molecule has 0 saturated carbocycles. The SMILES string of the molecule is COC(CN(C)CCN)OC. The van der Waals surface area contributed by atoms with Gasteiger partial charge in [0.2, 0.25) is 0 Å². The minimum Gasteiger partial charge on any atom is -0.355 e. The Morgan fingerprint density at radius 1 is 1.36 bits per heavy atom. The van der Waals surface area contributed by atoms with Crippen LogP contribution in [0.5, 0.6) is 0 Å². The summed E-state index contributed by atoms with van der Waals surface area (Å²) in [5, 5.41) is 0. The number of hydrogen-bond acceptors (Lipinski definition) is 4. The standard InChI is InChI=1S/C7H18N2O2/c1-9(5-4-8)6-7(10-2)11-3/h7H,4-6,8H2,1-3H3. The van der Waals surface area contributed by atoms with Gasteiger partial charge in [-0.05, 0) is 7.05 Å². The van der Waals surface area contributed by atoms with Crippen molar-refractivity contribution in [3.8, 4) is 0 Å². The summed E-state index contributed by atoms with van der Waals surface area (Å²) >= 11 is 0. The van der Waals surface area contributed by atoms with Gasteiger partial charge in [0.05, 0.1) is 0 Å². The smallest absolute Gasteiger partial charge is 0.169 e. The van der Waals surface area contributed by atoms with E-state index >= 15 is 0 Å². The quantitative estimate of drug-likeness (QED) is 0.535. The lowest BCUT2D eigenvalue weighted by atomic mass is 10.5. The Hall–Kier alpha value is -0.160. The van der Waals surface area contributed by atoms with Crippen LogP contribution in [0.2, 0.25) is 0 Å². The molecule has 0 rings (SSSR count). The Labute approximate surface area is 68.3 Å². The van der Waals surface area contributed by atoms with Gasteiger partial charge < -0.3 is 20.1 Å². The zero-order valence-electron chi connectivity index (χ0n) is 7.54. The summed E-state index contributed by atoms with van der Waals surface area (Å²) in [6.07, 6.45) is -0.147. The maximum atomic E-state index is 5.36. The molecule has 0 unspecified atom stereocenters. The van der Waals surface area contributed by atoms with Gasteiger partial charge in [-0.25, -0.2) is 0 Å². The molecule has 0 atom stereocenters. The molecule has 0 aliphatic rings. The first-order valence-electron chi connectivity index (χ1n) is 3.68. The van der Waals surface area contributed by atoms with Gasteiger partial charge in [0.25, 0.3) is 0 Å². The van der Waals surface area contributed by atoms with Crippen molar-refractivity contribution in [3.63, 3.8) is 0 Å². The van der Waals surface area contributed by atoms with E-state index in [-0.39, 0.29) is 6.29 Å². The molecule has 11 heavy (non-hydrogen) atoms. The van der Waals surface area contributed by atoms with E-state index in [2.05, 4.69) is 4.90 Å². The molecule has 0 aromatic carbocycles. The molecular weight excluding hydrogens is 144 g/mol.